The van der Waals surface area contributed by atoms with Gasteiger partial charge < -0.3 is 9.88 Å². The highest BCUT2D eigenvalue weighted by Gasteiger charge is 2.32. The van der Waals surface area contributed by atoms with Gasteiger partial charge in [-0.2, -0.15) is 13.2 Å². The Balaban J connectivity index is 1.62. The van der Waals surface area contributed by atoms with Crippen LogP contribution in [-0.2, 0) is 19.0 Å². The SMILES string of the molecule is CN(C(=O)c1cccc(C(F)(F)F)c1)C1CCc2[nH]c3c(F)cc(F)cc3c2C1. The van der Waals surface area contributed by atoms with E-state index in [0.29, 0.717) is 24.6 Å². The molecule has 1 heterocycles. The van der Waals surface area contributed by atoms with Gasteiger partial charge in [0.25, 0.3) is 5.91 Å². The molecule has 0 saturated carbocycles. The number of carbonyl (C=O) groups is 1. The number of likely N-dealkylation sites (N-methyl/N-ethyl adjacent to an activating group) is 1. The molecule has 3 nitrogen and oxygen atoms in total. The molecule has 2 aromatic carbocycles. The van der Waals surface area contributed by atoms with Crippen molar-refractivity contribution in [1.82, 2.24) is 9.88 Å². The summed E-state index contributed by atoms with van der Waals surface area (Å²) in [6.45, 7) is 0. The van der Waals surface area contributed by atoms with Gasteiger partial charge in [0, 0.05) is 35.8 Å². The number of aromatic nitrogens is 1. The fourth-order valence-corrected chi connectivity index (χ4v) is 3.95. The molecule has 1 aromatic heterocycles. The van der Waals surface area contributed by atoms with Crippen molar-refractivity contribution in [1.29, 1.82) is 0 Å². The largest absolute Gasteiger partial charge is 0.416 e. The molecule has 0 spiro atoms. The lowest BCUT2D eigenvalue weighted by molar-refractivity contribution is -0.137. The number of halogens is 5. The number of alkyl halides is 3. The smallest absolute Gasteiger partial charge is 0.356 e. The normalized spacial score (nSPS) is 16.7. The number of aryl methyl sites for hydroxylation is 1. The first-order valence-electron chi connectivity index (χ1n) is 9.08. The first-order chi connectivity index (χ1) is 13.6. The molecule has 8 heteroatoms. The van der Waals surface area contributed by atoms with E-state index in [9.17, 15) is 26.7 Å². The van der Waals surface area contributed by atoms with E-state index in [2.05, 4.69) is 4.98 Å². The zero-order chi connectivity index (χ0) is 20.9. The summed E-state index contributed by atoms with van der Waals surface area (Å²) in [6.07, 6.45) is -3.09. The molecule has 1 amide bonds. The second-order valence-corrected chi connectivity index (χ2v) is 7.28. The third-order valence-electron chi connectivity index (χ3n) is 5.49. The molecular formula is C21H17F5N2O. The van der Waals surface area contributed by atoms with Gasteiger partial charge in [0.2, 0.25) is 0 Å². The predicted octanol–water partition coefficient (Wildman–Crippen LogP) is 5.09. The van der Waals surface area contributed by atoms with Crippen LogP contribution in [-0.4, -0.2) is 28.9 Å². The summed E-state index contributed by atoms with van der Waals surface area (Å²) in [5.41, 5.74) is 0.817. The number of aromatic amines is 1. The van der Waals surface area contributed by atoms with Gasteiger partial charge in [0.1, 0.15) is 11.6 Å². The summed E-state index contributed by atoms with van der Waals surface area (Å²) < 4.78 is 66.5. The minimum absolute atomic E-state index is 0.0517. The fourth-order valence-electron chi connectivity index (χ4n) is 3.95. The van der Waals surface area contributed by atoms with E-state index in [0.717, 1.165) is 29.5 Å². The van der Waals surface area contributed by atoms with Gasteiger partial charge in [-0.05, 0) is 49.1 Å². The lowest BCUT2D eigenvalue weighted by Crippen LogP contribution is -2.40. The molecule has 3 aromatic rings. The monoisotopic (exact) mass is 408 g/mol. The van der Waals surface area contributed by atoms with Crippen molar-refractivity contribution in [2.75, 3.05) is 7.05 Å². The van der Waals surface area contributed by atoms with E-state index < -0.39 is 29.3 Å². The topological polar surface area (TPSA) is 36.1 Å². The number of nitrogens with zero attached hydrogens (tertiary/aromatic N) is 1. The standard InChI is InChI=1S/C21H17F5N2O/c1-28(20(29)11-3-2-4-12(7-11)21(24,25)26)14-5-6-18-15(10-14)16-8-13(22)9-17(23)19(16)27-18/h2-4,7-9,14,27H,5-6,10H2,1H3. The van der Waals surface area contributed by atoms with Gasteiger partial charge in [-0.1, -0.05) is 6.07 Å². The van der Waals surface area contributed by atoms with E-state index in [1.165, 1.54) is 30.1 Å². The number of fused-ring (bicyclic) bond motifs is 3. The van der Waals surface area contributed by atoms with Crippen molar-refractivity contribution >= 4 is 16.8 Å². The summed E-state index contributed by atoms with van der Waals surface area (Å²) >= 11 is 0. The zero-order valence-electron chi connectivity index (χ0n) is 15.4. The minimum atomic E-state index is -4.53. The fraction of sp³-hybridized carbons (Fsp3) is 0.286. The van der Waals surface area contributed by atoms with Crippen LogP contribution in [0.1, 0.15) is 33.6 Å². The molecule has 0 saturated heterocycles. The van der Waals surface area contributed by atoms with Crippen molar-refractivity contribution in [3.63, 3.8) is 0 Å². The number of hydrogen-bond acceptors (Lipinski definition) is 1. The Labute approximate surface area is 163 Å². The lowest BCUT2D eigenvalue weighted by Gasteiger charge is -2.31. The maximum Gasteiger partial charge on any atom is 0.416 e. The van der Waals surface area contributed by atoms with Gasteiger partial charge in [0.15, 0.2) is 0 Å². The third-order valence-corrected chi connectivity index (χ3v) is 5.49. The number of hydrogen-bond donors (Lipinski definition) is 1. The summed E-state index contributed by atoms with van der Waals surface area (Å²) in [6, 6.07) is 6.07. The summed E-state index contributed by atoms with van der Waals surface area (Å²) in [7, 11) is 1.54. The van der Waals surface area contributed by atoms with Crippen LogP contribution in [0.2, 0.25) is 0 Å². The third kappa shape index (κ3) is 3.47. The number of benzene rings is 2. The van der Waals surface area contributed by atoms with Crippen LogP contribution in [0.3, 0.4) is 0 Å². The number of H-pyrrole nitrogens is 1. The Bertz CT molecular complexity index is 1100. The van der Waals surface area contributed by atoms with Crippen molar-refractivity contribution in [3.8, 4) is 0 Å². The molecule has 152 valence electrons. The number of carbonyl (C=O) groups excluding carboxylic acids is 1. The van der Waals surface area contributed by atoms with E-state index in [4.69, 9.17) is 0 Å². The molecule has 29 heavy (non-hydrogen) atoms. The van der Waals surface area contributed by atoms with Gasteiger partial charge in [-0.3, -0.25) is 4.79 Å². The first kappa shape index (κ1) is 19.4. The molecule has 4 rings (SSSR count). The molecule has 1 aliphatic rings. The summed E-state index contributed by atoms with van der Waals surface area (Å²) in [5.74, 6) is -1.89. The second kappa shape index (κ2) is 6.86. The van der Waals surface area contributed by atoms with Crippen molar-refractivity contribution < 1.29 is 26.7 Å². The average Bonchev–Trinajstić information content (AvgIpc) is 3.04. The Morgan fingerprint density at radius 1 is 1.17 bits per heavy atom. The van der Waals surface area contributed by atoms with Crippen LogP contribution >= 0.6 is 0 Å². The maximum absolute atomic E-state index is 14.0. The van der Waals surface area contributed by atoms with Crippen LogP contribution in [0.4, 0.5) is 22.0 Å². The molecule has 0 radical (unpaired) electrons. The highest BCUT2D eigenvalue weighted by atomic mass is 19.4. The van der Waals surface area contributed by atoms with Gasteiger partial charge >= 0.3 is 6.18 Å². The molecule has 0 aliphatic heterocycles. The highest BCUT2D eigenvalue weighted by Crippen LogP contribution is 2.33. The summed E-state index contributed by atoms with van der Waals surface area (Å²) in [5, 5.41) is 0.433. The molecule has 1 N–H and O–H groups in total. The average molecular weight is 408 g/mol. The van der Waals surface area contributed by atoms with Gasteiger partial charge in [0.05, 0.1) is 11.1 Å². The van der Waals surface area contributed by atoms with Crippen LogP contribution in [0, 0.1) is 11.6 Å². The van der Waals surface area contributed by atoms with Crippen molar-refractivity contribution in [2.45, 2.75) is 31.5 Å². The molecule has 1 unspecified atom stereocenters. The number of rotatable bonds is 2. The quantitative estimate of drug-likeness (QED) is 0.589. The van der Waals surface area contributed by atoms with Crippen LogP contribution in [0.25, 0.3) is 10.9 Å². The Kier molecular flexibility index (Phi) is 4.59. The predicted molar refractivity (Wildman–Crippen MR) is 97.6 cm³/mol. The minimum Gasteiger partial charge on any atom is -0.356 e. The van der Waals surface area contributed by atoms with Gasteiger partial charge in [-0.25, -0.2) is 8.78 Å². The molecule has 0 bridgehead atoms. The van der Waals surface area contributed by atoms with E-state index in [1.807, 2.05) is 0 Å². The maximum atomic E-state index is 14.0. The molecular weight excluding hydrogens is 391 g/mol. The van der Waals surface area contributed by atoms with Crippen LogP contribution in [0.15, 0.2) is 36.4 Å². The molecule has 1 atom stereocenters. The van der Waals surface area contributed by atoms with Crippen LogP contribution < -0.4 is 0 Å². The Morgan fingerprint density at radius 2 is 1.93 bits per heavy atom. The zero-order valence-corrected chi connectivity index (χ0v) is 15.4. The van der Waals surface area contributed by atoms with E-state index in [1.54, 1.807) is 0 Å². The molecule has 1 aliphatic carbocycles. The first-order valence-corrected chi connectivity index (χ1v) is 9.08. The Hall–Kier alpha value is -2.90. The lowest BCUT2D eigenvalue weighted by atomic mass is 9.90. The van der Waals surface area contributed by atoms with Crippen molar-refractivity contribution in [3.05, 3.63) is 70.4 Å². The van der Waals surface area contributed by atoms with Crippen LogP contribution in [0.5, 0.6) is 0 Å². The Morgan fingerprint density at radius 3 is 2.66 bits per heavy atom. The van der Waals surface area contributed by atoms with Crippen molar-refractivity contribution in [2.24, 2.45) is 0 Å². The molecule has 0 fully saturated rings. The highest BCUT2D eigenvalue weighted by molar-refractivity contribution is 5.94. The van der Waals surface area contributed by atoms with Gasteiger partial charge in [-0.15, -0.1) is 0 Å². The van der Waals surface area contributed by atoms with E-state index >= 15 is 0 Å². The summed E-state index contributed by atoms with van der Waals surface area (Å²) in [4.78, 5) is 17.2. The second-order valence-electron chi connectivity index (χ2n) is 7.28. The number of nitrogens with one attached hydrogen (secondary N) is 1. The number of amides is 1. The van der Waals surface area contributed by atoms with E-state index in [-0.39, 0.29) is 17.1 Å².